The van der Waals surface area contributed by atoms with Crippen molar-refractivity contribution in [3.63, 3.8) is 0 Å². The van der Waals surface area contributed by atoms with Crippen LogP contribution in [0.5, 0.6) is 0 Å². The number of halogens is 7. The van der Waals surface area contributed by atoms with Crippen LogP contribution in [0.4, 0.5) is 26.3 Å². The van der Waals surface area contributed by atoms with Gasteiger partial charge in [-0.25, -0.2) is 0 Å². The topological polar surface area (TPSA) is 32.3 Å². The van der Waals surface area contributed by atoms with Crippen LogP contribution in [0.1, 0.15) is 51.9 Å². The molecule has 3 nitrogen and oxygen atoms in total. The maximum atomic E-state index is 13.5. The molecule has 10 heteroatoms. The molecule has 0 spiro atoms. The van der Waals surface area contributed by atoms with Crippen LogP contribution in [0.15, 0.2) is 72.8 Å². The molecule has 1 aliphatic heterocycles. The van der Waals surface area contributed by atoms with Crippen molar-refractivity contribution in [2.45, 2.75) is 56.5 Å². The van der Waals surface area contributed by atoms with Gasteiger partial charge in [0.15, 0.2) is 0 Å². The van der Waals surface area contributed by atoms with Crippen molar-refractivity contribution >= 4 is 17.5 Å². The van der Waals surface area contributed by atoms with Crippen molar-refractivity contribution in [2.24, 2.45) is 0 Å². The number of amides is 1. The first-order chi connectivity index (χ1) is 18.9. The van der Waals surface area contributed by atoms with Gasteiger partial charge in [0.1, 0.15) is 0 Å². The molecule has 4 rings (SSSR count). The normalized spacial score (nSPS) is 18.1. The van der Waals surface area contributed by atoms with Gasteiger partial charge in [-0.3, -0.25) is 4.79 Å². The predicted molar refractivity (Wildman–Crippen MR) is 142 cm³/mol. The molecule has 0 saturated carbocycles. The van der Waals surface area contributed by atoms with Gasteiger partial charge in [0.2, 0.25) is 0 Å². The second-order valence-electron chi connectivity index (χ2n) is 10.0. The summed E-state index contributed by atoms with van der Waals surface area (Å²) in [6.45, 7) is 0.922. The molecule has 1 heterocycles. The molecular formula is C30H29ClF6N2O. The smallest absolute Gasteiger partial charge is 0.335 e. The molecule has 0 radical (unpaired) electrons. The number of piperidine rings is 1. The fraction of sp³-hybridized carbons (Fsp3) is 0.367. The van der Waals surface area contributed by atoms with Crippen molar-refractivity contribution in [2.75, 3.05) is 13.1 Å². The summed E-state index contributed by atoms with van der Waals surface area (Å²) in [6, 6.07) is 17.6. The van der Waals surface area contributed by atoms with E-state index >= 15 is 0 Å². The minimum absolute atomic E-state index is 0.0395. The summed E-state index contributed by atoms with van der Waals surface area (Å²) in [5, 5.41) is 4.19. The van der Waals surface area contributed by atoms with Gasteiger partial charge in [-0.15, -0.1) is 0 Å². The SMILES string of the molecule is O=C(c1cc(C(F)(F)F)cc(C(F)(F)F)c1)N1CC[C@H](NCCCc2cccc(Cl)c2)C[C@H]1Cc1ccccc1. The zero-order valence-electron chi connectivity index (χ0n) is 21.5. The van der Waals surface area contributed by atoms with E-state index in [1.54, 1.807) is 0 Å². The number of hydrogen-bond acceptors (Lipinski definition) is 2. The van der Waals surface area contributed by atoms with Crippen LogP contribution < -0.4 is 5.32 Å². The summed E-state index contributed by atoms with van der Waals surface area (Å²) in [7, 11) is 0. The fourth-order valence-electron chi connectivity index (χ4n) is 5.12. The minimum atomic E-state index is -5.03. The van der Waals surface area contributed by atoms with E-state index in [2.05, 4.69) is 5.32 Å². The molecule has 1 N–H and O–H groups in total. The van der Waals surface area contributed by atoms with Gasteiger partial charge >= 0.3 is 12.4 Å². The number of nitrogens with zero attached hydrogens (tertiary/aromatic N) is 1. The summed E-state index contributed by atoms with van der Waals surface area (Å²) >= 11 is 6.05. The van der Waals surface area contributed by atoms with E-state index in [0.29, 0.717) is 43.0 Å². The molecule has 3 aromatic rings. The maximum absolute atomic E-state index is 13.5. The highest BCUT2D eigenvalue weighted by Crippen LogP contribution is 2.37. The Kier molecular flexibility index (Phi) is 9.46. The van der Waals surface area contributed by atoms with Gasteiger partial charge in [-0.05, 0) is 80.1 Å². The van der Waals surface area contributed by atoms with Crippen LogP contribution in [-0.4, -0.2) is 36.0 Å². The summed E-state index contributed by atoms with van der Waals surface area (Å²) in [6.07, 6.45) is -6.90. The Balaban J connectivity index is 1.50. The van der Waals surface area contributed by atoms with Crippen molar-refractivity contribution in [1.29, 1.82) is 0 Å². The number of benzene rings is 3. The van der Waals surface area contributed by atoms with E-state index in [1.807, 2.05) is 54.6 Å². The molecular weight excluding hydrogens is 554 g/mol. The average molecular weight is 583 g/mol. The van der Waals surface area contributed by atoms with Gasteiger partial charge in [0.05, 0.1) is 11.1 Å². The summed E-state index contributed by atoms with van der Waals surface area (Å²) in [5.41, 5.74) is -1.57. The van der Waals surface area contributed by atoms with E-state index in [4.69, 9.17) is 11.6 Å². The van der Waals surface area contributed by atoms with Gasteiger partial charge in [0.25, 0.3) is 5.91 Å². The van der Waals surface area contributed by atoms with Crippen molar-refractivity contribution < 1.29 is 31.1 Å². The van der Waals surface area contributed by atoms with Crippen LogP contribution in [-0.2, 0) is 25.2 Å². The monoisotopic (exact) mass is 582 g/mol. The highest BCUT2D eigenvalue weighted by Gasteiger charge is 2.39. The Morgan fingerprint density at radius 1 is 0.875 bits per heavy atom. The quantitative estimate of drug-likeness (QED) is 0.217. The van der Waals surface area contributed by atoms with E-state index < -0.39 is 41.0 Å². The lowest BCUT2D eigenvalue weighted by molar-refractivity contribution is -0.143. The second kappa shape index (κ2) is 12.6. The van der Waals surface area contributed by atoms with Gasteiger partial charge in [0, 0.05) is 29.2 Å². The molecule has 1 aliphatic rings. The summed E-state index contributed by atoms with van der Waals surface area (Å²) in [4.78, 5) is 14.9. The number of carbonyl (C=O) groups is 1. The Morgan fingerprint density at radius 3 is 2.15 bits per heavy atom. The molecule has 0 bridgehead atoms. The zero-order chi connectivity index (χ0) is 28.9. The van der Waals surface area contributed by atoms with Gasteiger partial charge in [-0.2, -0.15) is 26.3 Å². The Labute approximate surface area is 234 Å². The highest BCUT2D eigenvalue weighted by molar-refractivity contribution is 6.30. The number of likely N-dealkylation sites (tertiary alicyclic amines) is 1. The number of hydrogen-bond donors (Lipinski definition) is 1. The maximum Gasteiger partial charge on any atom is 0.416 e. The third kappa shape index (κ3) is 8.01. The molecule has 3 aromatic carbocycles. The molecule has 40 heavy (non-hydrogen) atoms. The average Bonchev–Trinajstić information content (AvgIpc) is 2.90. The van der Waals surface area contributed by atoms with Crippen LogP contribution >= 0.6 is 11.6 Å². The third-order valence-electron chi connectivity index (χ3n) is 7.09. The molecule has 2 atom stereocenters. The van der Waals surface area contributed by atoms with Crippen LogP contribution in [0.25, 0.3) is 0 Å². The van der Waals surface area contributed by atoms with Crippen molar-refractivity contribution in [1.82, 2.24) is 10.2 Å². The number of aryl methyl sites for hydroxylation is 1. The first-order valence-electron chi connectivity index (χ1n) is 13.0. The van der Waals surface area contributed by atoms with Crippen molar-refractivity contribution in [3.8, 4) is 0 Å². The van der Waals surface area contributed by atoms with E-state index in [-0.39, 0.29) is 18.7 Å². The molecule has 0 aromatic heterocycles. The highest BCUT2D eigenvalue weighted by atomic mass is 35.5. The zero-order valence-corrected chi connectivity index (χ0v) is 22.3. The first kappa shape index (κ1) is 29.9. The van der Waals surface area contributed by atoms with Gasteiger partial charge in [-0.1, -0.05) is 54.1 Å². The Bertz CT molecular complexity index is 1260. The molecule has 1 amide bonds. The van der Waals surface area contributed by atoms with Crippen LogP contribution in [0.2, 0.25) is 5.02 Å². The lowest BCUT2D eigenvalue weighted by Crippen LogP contribution is -2.52. The minimum Gasteiger partial charge on any atom is -0.335 e. The van der Waals surface area contributed by atoms with Crippen LogP contribution in [0, 0.1) is 0 Å². The van der Waals surface area contributed by atoms with Crippen molar-refractivity contribution in [3.05, 3.63) is 106 Å². The largest absolute Gasteiger partial charge is 0.416 e. The lowest BCUT2D eigenvalue weighted by atomic mass is 9.91. The Hall–Kier alpha value is -3.04. The predicted octanol–water partition coefficient (Wildman–Crippen LogP) is 7.82. The number of rotatable bonds is 8. The second-order valence-corrected chi connectivity index (χ2v) is 10.5. The number of carbonyl (C=O) groups excluding carboxylic acids is 1. The molecule has 1 saturated heterocycles. The Morgan fingerprint density at radius 2 is 1.52 bits per heavy atom. The molecule has 0 aliphatic carbocycles. The fourth-order valence-corrected chi connectivity index (χ4v) is 5.33. The van der Waals surface area contributed by atoms with Crippen LogP contribution in [0.3, 0.4) is 0 Å². The number of nitrogens with one attached hydrogen (secondary N) is 1. The summed E-state index contributed by atoms with van der Waals surface area (Å²) in [5.74, 6) is -0.836. The van der Waals surface area contributed by atoms with E-state index in [9.17, 15) is 31.1 Å². The van der Waals surface area contributed by atoms with Gasteiger partial charge < -0.3 is 10.2 Å². The number of alkyl halides is 6. The van der Waals surface area contributed by atoms with E-state index in [1.165, 1.54) is 4.90 Å². The molecule has 1 fully saturated rings. The standard InChI is InChI=1S/C30H29ClF6N2O/c31-25-10-4-8-20(14-25)9-5-12-38-26-11-13-39(27(19-26)15-21-6-2-1-3-7-21)28(40)22-16-23(29(32,33)34)18-24(17-22)30(35,36)37/h1-4,6-8,10,14,16-18,26-27,38H,5,9,11-13,15,19H2/t26-,27+/m0/s1. The first-order valence-corrected chi connectivity index (χ1v) is 13.4. The lowest BCUT2D eigenvalue weighted by Gasteiger charge is -2.40. The third-order valence-corrected chi connectivity index (χ3v) is 7.32. The molecule has 0 unspecified atom stereocenters. The summed E-state index contributed by atoms with van der Waals surface area (Å²) < 4.78 is 80.6. The van der Waals surface area contributed by atoms with E-state index in [0.717, 1.165) is 24.0 Å². The molecule has 214 valence electrons.